The number of rotatable bonds is 4. The van der Waals surface area contributed by atoms with E-state index in [1.54, 1.807) is 0 Å². The molecule has 0 aliphatic heterocycles. The van der Waals surface area contributed by atoms with Gasteiger partial charge >= 0.3 is 5.97 Å². The normalized spacial score (nSPS) is 13.7. The van der Waals surface area contributed by atoms with Gasteiger partial charge in [-0.3, -0.25) is 4.79 Å². The first kappa shape index (κ1) is 15.3. The first-order chi connectivity index (χ1) is 8.65. The van der Waals surface area contributed by atoms with E-state index in [0.29, 0.717) is 12.1 Å². The van der Waals surface area contributed by atoms with Crippen LogP contribution in [0.1, 0.15) is 17.3 Å². The Morgan fingerprint density at radius 1 is 1.37 bits per heavy atom. The lowest BCUT2D eigenvalue weighted by molar-refractivity contribution is -0.155. The summed E-state index contributed by atoms with van der Waals surface area (Å²) < 4.78 is 26.5. The topological polar surface area (TPSA) is 86.6 Å². The molecule has 0 saturated heterocycles. The fraction of sp³-hybridized carbons (Fsp3) is 0.273. The molecule has 0 fully saturated rings. The molecule has 1 aromatic rings. The van der Waals surface area contributed by atoms with Gasteiger partial charge < -0.3 is 15.5 Å². The van der Waals surface area contributed by atoms with E-state index in [-0.39, 0.29) is 0 Å². The van der Waals surface area contributed by atoms with Gasteiger partial charge in [0.25, 0.3) is 5.91 Å². The van der Waals surface area contributed by atoms with E-state index >= 15 is 0 Å². The van der Waals surface area contributed by atoms with Crippen molar-refractivity contribution in [2.75, 3.05) is 6.54 Å². The van der Waals surface area contributed by atoms with Crippen molar-refractivity contribution >= 4 is 23.5 Å². The second kappa shape index (κ2) is 5.50. The molecule has 0 spiro atoms. The summed E-state index contributed by atoms with van der Waals surface area (Å²) >= 11 is 5.32. The fourth-order valence-corrected chi connectivity index (χ4v) is 1.27. The number of nitrogens with one attached hydrogen (secondary N) is 1. The van der Waals surface area contributed by atoms with Crippen molar-refractivity contribution in [1.82, 2.24) is 5.32 Å². The molecule has 19 heavy (non-hydrogen) atoms. The van der Waals surface area contributed by atoms with Gasteiger partial charge in [0.05, 0.1) is 17.1 Å². The molecule has 3 N–H and O–H groups in total. The molecule has 0 saturated carbocycles. The SMILES string of the molecule is CC(O)(CNC(=O)c1cc(F)c(Cl)cc1F)C(=O)O. The van der Waals surface area contributed by atoms with Crippen LogP contribution in [-0.2, 0) is 4.79 Å². The van der Waals surface area contributed by atoms with Crippen LogP contribution in [0.2, 0.25) is 5.02 Å². The van der Waals surface area contributed by atoms with Crippen LogP contribution in [-0.4, -0.2) is 34.2 Å². The minimum Gasteiger partial charge on any atom is -0.479 e. The number of carbonyl (C=O) groups is 2. The third kappa shape index (κ3) is 3.62. The van der Waals surface area contributed by atoms with Crippen LogP contribution in [0.15, 0.2) is 12.1 Å². The van der Waals surface area contributed by atoms with Crippen LogP contribution >= 0.6 is 11.6 Å². The molecule has 1 unspecified atom stereocenters. The molecule has 8 heteroatoms. The van der Waals surface area contributed by atoms with E-state index in [1.807, 2.05) is 5.32 Å². The molecule has 1 amide bonds. The summed E-state index contributed by atoms with van der Waals surface area (Å²) in [5.74, 6) is -4.66. The Morgan fingerprint density at radius 2 is 1.95 bits per heavy atom. The van der Waals surface area contributed by atoms with E-state index in [2.05, 4.69) is 0 Å². The van der Waals surface area contributed by atoms with Crippen LogP contribution in [0.25, 0.3) is 0 Å². The van der Waals surface area contributed by atoms with Crippen LogP contribution in [0.5, 0.6) is 0 Å². The number of carboxylic acid groups (broad SMARTS) is 1. The first-order valence-corrected chi connectivity index (χ1v) is 5.41. The van der Waals surface area contributed by atoms with E-state index < -0.39 is 46.2 Å². The molecule has 1 aromatic carbocycles. The maximum absolute atomic E-state index is 13.4. The smallest absolute Gasteiger partial charge is 0.337 e. The number of hydrogen-bond donors (Lipinski definition) is 3. The standard InChI is InChI=1S/C11H10ClF2NO4/c1-11(19,10(17)18)4-15-9(16)5-2-8(14)6(12)3-7(5)13/h2-3,19H,4H2,1H3,(H,15,16)(H,17,18). The minimum absolute atomic E-state index is 0.480. The summed E-state index contributed by atoms with van der Waals surface area (Å²) in [4.78, 5) is 22.1. The quantitative estimate of drug-likeness (QED) is 0.728. The molecular weight excluding hydrogens is 284 g/mol. The van der Waals surface area contributed by atoms with Crippen molar-refractivity contribution in [3.05, 3.63) is 34.4 Å². The average Bonchev–Trinajstić information content (AvgIpc) is 2.30. The molecule has 0 radical (unpaired) electrons. The summed E-state index contributed by atoms with van der Waals surface area (Å²) in [6.45, 7) is 0.291. The Kier molecular flexibility index (Phi) is 4.43. The molecule has 0 aliphatic rings. The average molecular weight is 294 g/mol. The summed E-state index contributed by atoms with van der Waals surface area (Å²) in [6, 6.07) is 1.21. The summed E-state index contributed by atoms with van der Waals surface area (Å²) in [7, 11) is 0. The van der Waals surface area contributed by atoms with Crippen LogP contribution in [0.3, 0.4) is 0 Å². The molecule has 0 aromatic heterocycles. The minimum atomic E-state index is -2.21. The highest BCUT2D eigenvalue weighted by Crippen LogP contribution is 2.19. The summed E-state index contributed by atoms with van der Waals surface area (Å²) in [5.41, 5.74) is -2.85. The van der Waals surface area contributed by atoms with E-state index in [9.17, 15) is 23.5 Å². The molecule has 0 bridgehead atoms. The zero-order valence-corrected chi connectivity index (χ0v) is 10.5. The highest BCUT2D eigenvalue weighted by Gasteiger charge is 2.30. The number of halogens is 3. The second-order valence-electron chi connectivity index (χ2n) is 4.01. The van der Waals surface area contributed by atoms with Gasteiger partial charge in [0.2, 0.25) is 0 Å². The maximum atomic E-state index is 13.4. The monoisotopic (exact) mass is 293 g/mol. The van der Waals surface area contributed by atoms with Crippen molar-refractivity contribution < 1.29 is 28.6 Å². The molecule has 1 atom stereocenters. The Labute approximate surface area is 111 Å². The number of aliphatic hydroxyl groups is 1. The number of carboxylic acids is 1. The number of hydrogen-bond acceptors (Lipinski definition) is 3. The first-order valence-electron chi connectivity index (χ1n) is 5.03. The number of amides is 1. The number of benzene rings is 1. The lowest BCUT2D eigenvalue weighted by atomic mass is 10.1. The molecule has 0 aliphatic carbocycles. The van der Waals surface area contributed by atoms with Gasteiger partial charge in [0, 0.05) is 0 Å². The Morgan fingerprint density at radius 3 is 2.47 bits per heavy atom. The van der Waals surface area contributed by atoms with Gasteiger partial charge in [-0.1, -0.05) is 11.6 Å². The number of carbonyl (C=O) groups excluding carboxylic acids is 1. The van der Waals surface area contributed by atoms with Crippen LogP contribution in [0.4, 0.5) is 8.78 Å². The molecule has 104 valence electrons. The van der Waals surface area contributed by atoms with Crippen LogP contribution in [0, 0.1) is 11.6 Å². The molecule has 1 rings (SSSR count). The highest BCUT2D eigenvalue weighted by atomic mass is 35.5. The van der Waals surface area contributed by atoms with Gasteiger partial charge in [-0.25, -0.2) is 13.6 Å². The van der Waals surface area contributed by atoms with Crippen LogP contribution < -0.4 is 5.32 Å². The predicted octanol–water partition coefficient (Wildman–Crippen LogP) is 1.18. The van der Waals surface area contributed by atoms with E-state index in [1.165, 1.54) is 0 Å². The maximum Gasteiger partial charge on any atom is 0.337 e. The Balaban J connectivity index is 2.86. The van der Waals surface area contributed by atoms with E-state index in [4.69, 9.17) is 16.7 Å². The fourth-order valence-electron chi connectivity index (χ4n) is 1.12. The molecular formula is C11H10ClF2NO4. The summed E-state index contributed by atoms with van der Waals surface area (Å²) in [5, 5.41) is 19.5. The Bertz CT molecular complexity index is 534. The van der Waals surface area contributed by atoms with Gasteiger partial charge in [-0.2, -0.15) is 0 Å². The largest absolute Gasteiger partial charge is 0.479 e. The van der Waals surface area contributed by atoms with Gasteiger partial charge in [0.1, 0.15) is 11.6 Å². The third-order valence-corrected chi connectivity index (χ3v) is 2.60. The molecule has 0 heterocycles. The lowest BCUT2D eigenvalue weighted by Crippen LogP contribution is -2.46. The van der Waals surface area contributed by atoms with E-state index in [0.717, 1.165) is 6.92 Å². The van der Waals surface area contributed by atoms with Crippen molar-refractivity contribution in [2.45, 2.75) is 12.5 Å². The third-order valence-electron chi connectivity index (χ3n) is 2.31. The highest BCUT2D eigenvalue weighted by molar-refractivity contribution is 6.30. The zero-order valence-electron chi connectivity index (χ0n) is 9.71. The summed E-state index contributed by atoms with van der Waals surface area (Å²) in [6.07, 6.45) is 0. The lowest BCUT2D eigenvalue weighted by Gasteiger charge is -2.18. The van der Waals surface area contributed by atoms with Crippen molar-refractivity contribution in [1.29, 1.82) is 0 Å². The second-order valence-corrected chi connectivity index (χ2v) is 4.42. The van der Waals surface area contributed by atoms with Gasteiger partial charge in [-0.15, -0.1) is 0 Å². The molecule has 5 nitrogen and oxygen atoms in total. The van der Waals surface area contributed by atoms with Gasteiger partial charge in [-0.05, 0) is 19.1 Å². The predicted molar refractivity (Wildman–Crippen MR) is 62.0 cm³/mol. The Hall–Kier alpha value is -1.73. The zero-order chi connectivity index (χ0) is 14.8. The van der Waals surface area contributed by atoms with Crippen molar-refractivity contribution in [3.63, 3.8) is 0 Å². The number of aliphatic carboxylic acids is 1. The van der Waals surface area contributed by atoms with Crippen molar-refractivity contribution in [3.8, 4) is 0 Å². The van der Waals surface area contributed by atoms with Crippen molar-refractivity contribution in [2.24, 2.45) is 0 Å². The van der Waals surface area contributed by atoms with Gasteiger partial charge in [0.15, 0.2) is 5.60 Å².